The largest absolute Gasteiger partial charge is 0.469 e. The lowest BCUT2D eigenvalue weighted by Gasteiger charge is -2.53. The van der Waals surface area contributed by atoms with Crippen LogP contribution >= 0.6 is 0 Å². The average molecular weight is 407 g/mol. The summed E-state index contributed by atoms with van der Waals surface area (Å²) in [6.45, 7) is 4.22. The third kappa shape index (κ3) is 3.57. The topological polar surface area (TPSA) is 43.4 Å². The van der Waals surface area contributed by atoms with Gasteiger partial charge in [0.15, 0.2) is 0 Å². The second-order valence-electron chi connectivity index (χ2n) is 10.1. The van der Waals surface area contributed by atoms with Gasteiger partial charge in [0.2, 0.25) is 0 Å². The summed E-state index contributed by atoms with van der Waals surface area (Å²) in [7, 11) is 1.52. The van der Waals surface area contributed by atoms with Crippen LogP contribution in [0.2, 0.25) is 0 Å². The highest BCUT2D eigenvalue weighted by Gasteiger charge is 2.53. The molecule has 160 valence electrons. The fourth-order valence-corrected chi connectivity index (χ4v) is 6.50. The molecule has 5 unspecified atom stereocenters. The molecule has 0 heterocycles. The minimum absolute atomic E-state index is 0.0506. The Kier molecular flexibility index (Phi) is 5.74. The Morgan fingerprint density at radius 3 is 2.60 bits per heavy atom. The molecule has 0 radical (unpaired) electrons. The lowest BCUT2D eigenvalue weighted by atomic mass is 9.51. The van der Waals surface area contributed by atoms with E-state index in [1.54, 1.807) is 0 Å². The Morgan fingerprint density at radius 2 is 1.90 bits per heavy atom. The van der Waals surface area contributed by atoms with E-state index in [4.69, 9.17) is 4.74 Å². The van der Waals surface area contributed by atoms with E-state index in [-0.39, 0.29) is 22.7 Å². The van der Waals surface area contributed by atoms with Crippen molar-refractivity contribution in [2.75, 3.05) is 7.11 Å². The molecule has 2 saturated carbocycles. The van der Waals surface area contributed by atoms with E-state index >= 15 is 0 Å². The van der Waals surface area contributed by atoms with Crippen LogP contribution in [0.5, 0.6) is 0 Å². The third-order valence-electron chi connectivity index (χ3n) is 8.28. The first kappa shape index (κ1) is 21.1. The number of hydrogen-bond donors (Lipinski definition) is 0. The van der Waals surface area contributed by atoms with Crippen LogP contribution in [0.3, 0.4) is 0 Å². The number of esters is 1. The van der Waals surface area contributed by atoms with Crippen LogP contribution < -0.4 is 0 Å². The van der Waals surface area contributed by atoms with Gasteiger partial charge in [-0.2, -0.15) is 0 Å². The molecule has 0 amide bonds. The van der Waals surface area contributed by atoms with E-state index in [0.29, 0.717) is 17.8 Å². The molecule has 0 saturated heterocycles. The molecule has 4 rings (SSSR count). The van der Waals surface area contributed by atoms with Crippen LogP contribution in [0, 0.1) is 34.5 Å². The molecular weight excluding hydrogens is 372 g/mol. The molecule has 1 aromatic rings. The summed E-state index contributed by atoms with van der Waals surface area (Å²) in [5, 5.41) is 0. The van der Waals surface area contributed by atoms with Crippen molar-refractivity contribution in [1.29, 1.82) is 0 Å². The summed E-state index contributed by atoms with van der Waals surface area (Å²) < 4.78 is 5.22. The maximum absolute atomic E-state index is 12.7. The van der Waals surface area contributed by atoms with Gasteiger partial charge in [-0.05, 0) is 62.3 Å². The van der Waals surface area contributed by atoms with Crippen molar-refractivity contribution in [1.82, 2.24) is 0 Å². The highest BCUT2D eigenvalue weighted by Crippen LogP contribution is 2.58. The van der Waals surface area contributed by atoms with Crippen LogP contribution in [0.25, 0.3) is 6.08 Å². The van der Waals surface area contributed by atoms with Gasteiger partial charge in [0.05, 0.1) is 12.5 Å². The predicted molar refractivity (Wildman–Crippen MR) is 120 cm³/mol. The van der Waals surface area contributed by atoms with Crippen molar-refractivity contribution < 1.29 is 14.3 Å². The van der Waals surface area contributed by atoms with E-state index in [2.05, 4.69) is 44.2 Å². The van der Waals surface area contributed by atoms with Gasteiger partial charge < -0.3 is 9.53 Å². The van der Waals surface area contributed by atoms with E-state index in [1.165, 1.54) is 19.0 Å². The fourth-order valence-electron chi connectivity index (χ4n) is 6.50. The first-order chi connectivity index (χ1) is 14.4. The van der Waals surface area contributed by atoms with Crippen LogP contribution in [0.4, 0.5) is 0 Å². The second kappa shape index (κ2) is 8.17. The molecule has 6 atom stereocenters. The monoisotopic (exact) mass is 406 g/mol. The Labute approximate surface area is 180 Å². The van der Waals surface area contributed by atoms with Crippen molar-refractivity contribution in [3.8, 4) is 0 Å². The minimum atomic E-state index is -0.385. The van der Waals surface area contributed by atoms with Gasteiger partial charge >= 0.3 is 5.97 Å². The molecule has 0 bridgehead atoms. The molecule has 0 N–H and O–H groups in total. The number of rotatable bonds is 4. The number of aldehydes is 1. The SMILES string of the molecule is COC(=O)[C@]1(C)CCCC2C3=CC(C=Cc4ccccc4)C(C)(C=O)CC3CCC21. The number of ether oxygens (including phenoxy) is 1. The maximum Gasteiger partial charge on any atom is 0.311 e. The zero-order valence-electron chi connectivity index (χ0n) is 18.5. The van der Waals surface area contributed by atoms with Crippen molar-refractivity contribution in [2.45, 2.75) is 52.4 Å². The van der Waals surface area contributed by atoms with Gasteiger partial charge in [-0.1, -0.05) is 67.5 Å². The molecule has 2 fully saturated rings. The molecular formula is C27H34O3. The van der Waals surface area contributed by atoms with Crippen molar-refractivity contribution in [3.63, 3.8) is 0 Å². The Balaban J connectivity index is 1.68. The first-order valence-corrected chi connectivity index (χ1v) is 11.4. The van der Waals surface area contributed by atoms with Gasteiger partial charge in [-0.15, -0.1) is 0 Å². The second-order valence-corrected chi connectivity index (χ2v) is 10.1. The summed E-state index contributed by atoms with van der Waals surface area (Å²) in [5.74, 6) is 1.28. The molecule has 3 aliphatic carbocycles. The number of benzene rings is 1. The van der Waals surface area contributed by atoms with Gasteiger partial charge in [-0.3, -0.25) is 4.79 Å². The number of allylic oxidation sites excluding steroid dienone is 3. The first-order valence-electron chi connectivity index (χ1n) is 11.4. The molecule has 3 heteroatoms. The van der Waals surface area contributed by atoms with Gasteiger partial charge in [0, 0.05) is 11.3 Å². The number of carbonyl (C=O) groups excluding carboxylic acids is 2. The van der Waals surface area contributed by atoms with E-state index in [9.17, 15) is 9.59 Å². The highest BCUT2D eigenvalue weighted by atomic mass is 16.5. The third-order valence-corrected chi connectivity index (χ3v) is 8.28. The van der Waals surface area contributed by atoms with Crippen molar-refractivity contribution >= 4 is 18.3 Å². The van der Waals surface area contributed by atoms with Crippen LogP contribution in [-0.2, 0) is 14.3 Å². The molecule has 0 spiro atoms. The van der Waals surface area contributed by atoms with Crippen molar-refractivity contribution in [2.24, 2.45) is 34.5 Å². The number of fused-ring (bicyclic) bond motifs is 3. The fraction of sp³-hybridized carbons (Fsp3) is 0.556. The van der Waals surface area contributed by atoms with Crippen molar-refractivity contribution in [3.05, 3.63) is 53.6 Å². The van der Waals surface area contributed by atoms with Gasteiger partial charge in [0.1, 0.15) is 6.29 Å². The summed E-state index contributed by atoms with van der Waals surface area (Å²) in [5.41, 5.74) is 1.91. The zero-order valence-corrected chi connectivity index (χ0v) is 18.5. The zero-order chi connectivity index (χ0) is 21.4. The molecule has 3 aliphatic rings. The number of methoxy groups -OCH3 is 1. The normalized spacial score (nSPS) is 38.3. The molecule has 1 aromatic carbocycles. The lowest BCUT2D eigenvalue weighted by Crippen LogP contribution is -2.48. The Bertz CT molecular complexity index is 854. The van der Waals surface area contributed by atoms with Gasteiger partial charge in [-0.25, -0.2) is 0 Å². The summed E-state index contributed by atoms with van der Waals surface area (Å²) in [6.07, 6.45) is 14.1. The minimum Gasteiger partial charge on any atom is -0.469 e. The predicted octanol–water partition coefficient (Wildman–Crippen LogP) is 5.86. The quantitative estimate of drug-likeness (QED) is 0.357. The lowest BCUT2D eigenvalue weighted by molar-refractivity contribution is -0.160. The summed E-state index contributed by atoms with van der Waals surface area (Å²) >= 11 is 0. The maximum atomic E-state index is 12.7. The van der Waals surface area contributed by atoms with Crippen LogP contribution in [-0.4, -0.2) is 19.4 Å². The molecule has 30 heavy (non-hydrogen) atoms. The van der Waals surface area contributed by atoms with Crippen LogP contribution in [0.15, 0.2) is 48.1 Å². The standard InChI is InChI=1S/C27H34O3/c1-26(18-28)17-20-12-14-24-22(10-7-15-27(24,2)25(29)30-3)23(20)16-21(26)13-11-19-8-5-4-6-9-19/h4-6,8-9,11,13,16,18,20-22,24H,7,10,12,14-15,17H2,1-3H3/t20?,21?,22?,24?,26?,27-/m1/s1. The summed E-state index contributed by atoms with van der Waals surface area (Å²) in [4.78, 5) is 24.8. The Hall–Kier alpha value is -2.16. The highest BCUT2D eigenvalue weighted by molar-refractivity contribution is 5.77. The van der Waals surface area contributed by atoms with Crippen LogP contribution in [0.1, 0.15) is 57.9 Å². The molecule has 0 aromatic heterocycles. The smallest absolute Gasteiger partial charge is 0.311 e. The molecule has 0 aliphatic heterocycles. The van der Waals surface area contributed by atoms with Gasteiger partial charge in [0.25, 0.3) is 0 Å². The van der Waals surface area contributed by atoms with E-state index in [1.807, 2.05) is 18.2 Å². The number of carbonyl (C=O) groups is 2. The summed E-state index contributed by atoms with van der Waals surface area (Å²) in [6, 6.07) is 10.3. The van der Waals surface area contributed by atoms with E-state index < -0.39 is 0 Å². The molecule has 3 nitrogen and oxygen atoms in total. The average Bonchev–Trinajstić information content (AvgIpc) is 2.77. The number of hydrogen-bond acceptors (Lipinski definition) is 3. The Morgan fingerprint density at radius 1 is 1.13 bits per heavy atom. The van der Waals surface area contributed by atoms with E-state index in [0.717, 1.165) is 44.1 Å².